The average Bonchev–Trinajstić information content (AvgIpc) is 2.52. The molecule has 2 aromatic rings. The maximum Gasteiger partial charge on any atom is 0.407 e. The summed E-state index contributed by atoms with van der Waals surface area (Å²) in [5.41, 5.74) is -0.556. The summed E-state index contributed by atoms with van der Waals surface area (Å²) in [6, 6.07) is 12.5. The minimum absolute atomic E-state index is 0.224. The normalized spacial score (nSPS) is 12.1. The van der Waals surface area contributed by atoms with Gasteiger partial charge in [0.15, 0.2) is 0 Å². The van der Waals surface area contributed by atoms with Crippen LogP contribution in [0.1, 0.15) is 27.2 Å². The van der Waals surface area contributed by atoms with E-state index < -0.39 is 21.7 Å². The van der Waals surface area contributed by atoms with Crippen molar-refractivity contribution in [1.82, 2.24) is 10.0 Å². The fraction of sp³-hybridized carbons (Fsp3) is 0.389. The molecule has 136 valence electrons. The SMILES string of the molecule is CC(C)(C)OC(=O)NCCCNS(=O)(=O)c1cccc2ccccc12. The van der Waals surface area contributed by atoms with E-state index in [9.17, 15) is 13.2 Å². The largest absolute Gasteiger partial charge is 0.444 e. The molecule has 0 aliphatic heterocycles. The topological polar surface area (TPSA) is 84.5 Å². The Labute approximate surface area is 148 Å². The molecule has 0 spiro atoms. The second-order valence-electron chi connectivity index (χ2n) is 6.66. The molecule has 0 saturated heterocycles. The number of hydrogen-bond donors (Lipinski definition) is 2. The van der Waals surface area contributed by atoms with Crippen LogP contribution in [0.4, 0.5) is 4.79 Å². The molecular weight excluding hydrogens is 340 g/mol. The lowest BCUT2D eigenvalue weighted by molar-refractivity contribution is 0.0527. The lowest BCUT2D eigenvalue weighted by Crippen LogP contribution is -2.34. The Bertz CT molecular complexity index is 836. The number of sulfonamides is 1. The van der Waals surface area contributed by atoms with Crippen LogP contribution in [-0.2, 0) is 14.8 Å². The number of amides is 1. The van der Waals surface area contributed by atoms with Crippen LogP contribution in [0.5, 0.6) is 0 Å². The number of alkyl carbamates (subject to hydrolysis) is 1. The molecule has 25 heavy (non-hydrogen) atoms. The van der Waals surface area contributed by atoms with Crippen molar-refractivity contribution < 1.29 is 17.9 Å². The summed E-state index contributed by atoms with van der Waals surface area (Å²) in [4.78, 5) is 11.8. The van der Waals surface area contributed by atoms with Crippen LogP contribution in [0.3, 0.4) is 0 Å². The number of hydrogen-bond acceptors (Lipinski definition) is 4. The van der Waals surface area contributed by atoms with Crippen LogP contribution in [-0.4, -0.2) is 33.2 Å². The molecule has 0 fully saturated rings. The fourth-order valence-electron chi connectivity index (χ4n) is 2.31. The van der Waals surface area contributed by atoms with Crippen molar-refractivity contribution in [1.29, 1.82) is 0 Å². The Morgan fingerprint density at radius 2 is 1.72 bits per heavy atom. The van der Waals surface area contributed by atoms with Gasteiger partial charge >= 0.3 is 6.09 Å². The van der Waals surface area contributed by atoms with Gasteiger partial charge in [-0.1, -0.05) is 36.4 Å². The third-order valence-corrected chi connectivity index (χ3v) is 4.87. The minimum atomic E-state index is -3.61. The van der Waals surface area contributed by atoms with Crippen LogP contribution >= 0.6 is 0 Å². The van der Waals surface area contributed by atoms with Crippen molar-refractivity contribution in [2.45, 2.75) is 37.7 Å². The van der Waals surface area contributed by atoms with E-state index in [1.165, 1.54) is 0 Å². The molecule has 2 aromatic carbocycles. The van der Waals surface area contributed by atoms with Gasteiger partial charge in [-0.3, -0.25) is 0 Å². The van der Waals surface area contributed by atoms with Crippen LogP contribution in [0, 0.1) is 0 Å². The number of rotatable bonds is 6. The first kappa shape index (κ1) is 19.2. The quantitative estimate of drug-likeness (QED) is 0.772. The van der Waals surface area contributed by atoms with Gasteiger partial charge in [-0.25, -0.2) is 17.9 Å². The predicted molar refractivity (Wildman–Crippen MR) is 98.0 cm³/mol. The van der Waals surface area contributed by atoms with Gasteiger partial charge in [0.05, 0.1) is 4.90 Å². The van der Waals surface area contributed by atoms with E-state index >= 15 is 0 Å². The lowest BCUT2D eigenvalue weighted by atomic mass is 10.1. The van der Waals surface area contributed by atoms with Gasteiger partial charge in [0.1, 0.15) is 5.60 Å². The zero-order valence-corrected chi connectivity index (χ0v) is 15.5. The number of benzene rings is 2. The number of fused-ring (bicyclic) bond motifs is 1. The summed E-state index contributed by atoms with van der Waals surface area (Å²) < 4.78 is 32.7. The van der Waals surface area contributed by atoms with E-state index in [1.54, 1.807) is 39.0 Å². The van der Waals surface area contributed by atoms with E-state index in [0.29, 0.717) is 18.4 Å². The number of ether oxygens (including phenoxy) is 1. The summed E-state index contributed by atoms with van der Waals surface area (Å²) in [6.45, 7) is 5.90. The van der Waals surface area contributed by atoms with Gasteiger partial charge in [-0.05, 0) is 38.6 Å². The van der Waals surface area contributed by atoms with E-state index in [1.807, 2.05) is 24.3 Å². The summed E-state index contributed by atoms with van der Waals surface area (Å²) >= 11 is 0. The molecule has 0 aliphatic carbocycles. The van der Waals surface area contributed by atoms with E-state index in [0.717, 1.165) is 5.39 Å². The van der Waals surface area contributed by atoms with Gasteiger partial charge in [0, 0.05) is 18.5 Å². The summed E-state index contributed by atoms with van der Waals surface area (Å²) in [5.74, 6) is 0. The zero-order valence-electron chi connectivity index (χ0n) is 14.7. The lowest BCUT2D eigenvalue weighted by Gasteiger charge is -2.19. The second kappa shape index (κ2) is 7.84. The second-order valence-corrected chi connectivity index (χ2v) is 8.39. The van der Waals surface area contributed by atoms with Crippen molar-refractivity contribution in [2.24, 2.45) is 0 Å². The van der Waals surface area contributed by atoms with Gasteiger partial charge in [-0.2, -0.15) is 0 Å². The van der Waals surface area contributed by atoms with Gasteiger partial charge < -0.3 is 10.1 Å². The molecule has 2 N–H and O–H groups in total. The maximum absolute atomic E-state index is 12.5. The smallest absolute Gasteiger partial charge is 0.407 e. The van der Waals surface area contributed by atoms with Gasteiger partial charge in [0.25, 0.3) is 0 Å². The fourth-order valence-corrected chi connectivity index (χ4v) is 3.61. The van der Waals surface area contributed by atoms with Gasteiger partial charge in [0.2, 0.25) is 10.0 Å². The van der Waals surface area contributed by atoms with E-state index in [2.05, 4.69) is 10.0 Å². The standard InChI is InChI=1S/C18H24N2O4S/c1-18(2,3)24-17(21)19-12-7-13-20-25(22,23)16-11-6-9-14-8-4-5-10-15(14)16/h4-6,8-11,20H,7,12-13H2,1-3H3,(H,19,21). The molecular formula is C18H24N2O4S. The Morgan fingerprint density at radius 3 is 2.44 bits per heavy atom. The highest BCUT2D eigenvalue weighted by Crippen LogP contribution is 2.22. The molecule has 7 heteroatoms. The van der Waals surface area contributed by atoms with Crippen LogP contribution in [0.25, 0.3) is 10.8 Å². The zero-order chi connectivity index (χ0) is 18.5. The Hall–Kier alpha value is -2.12. The molecule has 0 radical (unpaired) electrons. The Morgan fingerprint density at radius 1 is 1.04 bits per heavy atom. The van der Waals surface area contributed by atoms with Crippen LogP contribution < -0.4 is 10.0 Å². The third kappa shape index (κ3) is 5.72. The van der Waals surface area contributed by atoms with Crippen LogP contribution in [0.2, 0.25) is 0 Å². The highest BCUT2D eigenvalue weighted by molar-refractivity contribution is 7.89. The first-order valence-electron chi connectivity index (χ1n) is 8.13. The summed E-state index contributed by atoms with van der Waals surface area (Å²) in [5, 5.41) is 4.16. The Kier molecular flexibility index (Phi) is 6.02. The third-order valence-electron chi connectivity index (χ3n) is 3.35. The molecule has 2 rings (SSSR count). The monoisotopic (exact) mass is 364 g/mol. The summed E-state index contributed by atoms with van der Waals surface area (Å²) in [7, 11) is -3.61. The molecule has 0 unspecified atom stereocenters. The first-order valence-corrected chi connectivity index (χ1v) is 9.62. The predicted octanol–water partition coefficient (Wildman–Crippen LogP) is 3.03. The average molecular weight is 364 g/mol. The van der Waals surface area contributed by atoms with Crippen molar-refractivity contribution >= 4 is 26.9 Å². The molecule has 0 aliphatic rings. The molecule has 6 nitrogen and oxygen atoms in total. The van der Waals surface area contributed by atoms with Crippen molar-refractivity contribution in [3.63, 3.8) is 0 Å². The molecule has 1 amide bonds. The van der Waals surface area contributed by atoms with E-state index in [-0.39, 0.29) is 11.4 Å². The maximum atomic E-state index is 12.5. The minimum Gasteiger partial charge on any atom is -0.444 e. The number of carbonyl (C=O) groups is 1. The number of carbonyl (C=O) groups excluding carboxylic acids is 1. The molecule has 0 heterocycles. The highest BCUT2D eigenvalue weighted by Gasteiger charge is 2.17. The van der Waals surface area contributed by atoms with Gasteiger partial charge in [-0.15, -0.1) is 0 Å². The molecule has 0 bridgehead atoms. The highest BCUT2D eigenvalue weighted by atomic mass is 32.2. The molecule has 0 saturated carbocycles. The molecule has 0 aromatic heterocycles. The van der Waals surface area contributed by atoms with Crippen molar-refractivity contribution in [3.8, 4) is 0 Å². The van der Waals surface area contributed by atoms with Crippen molar-refractivity contribution in [3.05, 3.63) is 42.5 Å². The first-order chi connectivity index (χ1) is 11.7. The van der Waals surface area contributed by atoms with Crippen LogP contribution in [0.15, 0.2) is 47.4 Å². The number of nitrogens with one attached hydrogen (secondary N) is 2. The summed E-state index contributed by atoms with van der Waals surface area (Å²) in [6.07, 6.45) is -0.0483. The van der Waals surface area contributed by atoms with Crippen molar-refractivity contribution in [2.75, 3.05) is 13.1 Å². The molecule has 0 atom stereocenters. The Balaban J connectivity index is 1.89. The van der Waals surface area contributed by atoms with E-state index in [4.69, 9.17) is 4.74 Å².